The van der Waals surface area contributed by atoms with Gasteiger partial charge in [0.2, 0.25) is 5.28 Å². The summed E-state index contributed by atoms with van der Waals surface area (Å²) >= 11 is 5.86. The van der Waals surface area contributed by atoms with Crippen molar-refractivity contribution in [2.45, 2.75) is 25.9 Å². The average Bonchev–Trinajstić information content (AvgIpc) is 3.15. The number of carbonyl (C=O) groups excluding carboxylic acids is 1. The number of unbranched alkanes of at least 4 members (excludes halogenated alkanes) is 1. The Labute approximate surface area is 177 Å². The molecule has 1 aliphatic rings. The molecule has 30 heavy (non-hydrogen) atoms. The Kier molecular flexibility index (Phi) is 6.03. The number of nitrogen functional groups attached to an aromatic ring is 1. The van der Waals surface area contributed by atoms with Gasteiger partial charge in [-0.3, -0.25) is 0 Å². The number of nitrogens with one attached hydrogen (secondary N) is 1. The number of aryl methyl sites for hydroxylation is 1. The van der Waals surface area contributed by atoms with Crippen LogP contribution in [-0.2, 0) is 17.8 Å². The highest BCUT2D eigenvalue weighted by atomic mass is 35.5. The molecule has 1 aliphatic heterocycles. The van der Waals surface area contributed by atoms with Crippen LogP contribution in [0.25, 0.3) is 11.2 Å². The molecule has 0 radical (unpaired) electrons. The number of ether oxygens (including phenoxy) is 3. The molecule has 3 heterocycles. The maximum absolute atomic E-state index is 11.9. The number of anilines is 1. The fraction of sp³-hybridized carbons (Fsp3) is 0.368. The number of nitrogens with zero attached hydrogens (tertiary/aromatic N) is 4. The molecular weight excluding hydrogens is 412 g/mol. The lowest BCUT2D eigenvalue weighted by Crippen LogP contribution is -2.24. The molecule has 11 heteroatoms. The third-order valence-electron chi connectivity index (χ3n) is 4.53. The Balaban J connectivity index is 1.18. The summed E-state index contributed by atoms with van der Waals surface area (Å²) in [4.78, 5) is 24.2. The molecule has 3 N–H and O–H groups in total. The van der Waals surface area contributed by atoms with E-state index in [2.05, 4.69) is 20.3 Å². The van der Waals surface area contributed by atoms with Gasteiger partial charge in [0, 0.05) is 13.1 Å². The Morgan fingerprint density at radius 2 is 2.07 bits per heavy atom. The third-order valence-corrected chi connectivity index (χ3v) is 4.70. The first-order valence-electron chi connectivity index (χ1n) is 9.53. The van der Waals surface area contributed by atoms with Crippen molar-refractivity contribution in [1.29, 1.82) is 0 Å². The number of nitrogens with two attached hydrogens (primary N) is 1. The Morgan fingerprint density at radius 3 is 2.93 bits per heavy atom. The number of fused-ring (bicyclic) bond motifs is 2. The summed E-state index contributed by atoms with van der Waals surface area (Å²) in [5.41, 5.74) is 7.81. The molecule has 0 saturated heterocycles. The van der Waals surface area contributed by atoms with Gasteiger partial charge in [0.1, 0.15) is 18.7 Å². The number of alkyl carbamates (subject to hydrolysis) is 1. The lowest BCUT2D eigenvalue weighted by atomic mass is 10.2. The zero-order chi connectivity index (χ0) is 20.9. The summed E-state index contributed by atoms with van der Waals surface area (Å²) in [6.07, 6.45) is 2.63. The van der Waals surface area contributed by atoms with Crippen molar-refractivity contribution in [3.8, 4) is 11.5 Å². The number of rotatable bonds is 7. The van der Waals surface area contributed by atoms with Gasteiger partial charge in [-0.05, 0) is 42.1 Å². The minimum Gasteiger partial charge on any atom is -0.486 e. The number of carbonyl (C=O) groups is 1. The van der Waals surface area contributed by atoms with Gasteiger partial charge in [-0.1, -0.05) is 6.07 Å². The molecule has 1 aromatic carbocycles. The summed E-state index contributed by atoms with van der Waals surface area (Å²) < 4.78 is 18.1. The average molecular weight is 433 g/mol. The van der Waals surface area contributed by atoms with Gasteiger partial charge in [-0.15, -0.1) is 0 Å². The molecule has 3 aromatic rings. The van der Waals surface area contributed by atoms with Gasteiger partial charge in [-0.2, -0.15) is 9.97 Å². The van der Waals surface area contributed by atoms with Crippen LogP contribution >= 0.6 is 11.6 Å². The third kappa shape index (κ3) is 4.65. The Morgan fingerprint density at radius 1 is 1.23 bits per heavy atom. The number of halogens is 1. The van der Waals surface area contributed by atoms with Crippen molar-refractivity contribution in [2.24, 2.45) is 0 Å². The van der Waals surface area contributed by atoms with Gasteiger partial charge in [0.15, 0.2) is 23.0 Å². The van der Waals surface area contributed by atoms with Crippen molar-refractivity contribution in [1.82, 2.24) is 24.8 Å². The number of hydrogen-bond acceptors (Lipinski definition) is 8. The minimum absolute atomic E-state index is 0.0831. The Hall–Kier alpha value is -3.27. The van der Waals surface area contributed by atoms with E-state index in [0.29, 0.717) is 56.2 Å². The quantitative estimate of drug-likeness (QED) is 0.430. The molecule has 0 unspecified atom stereocenters. The van der Waals surface area contributed by atoms with Crippen LogP contribution in [0.2, 0.25) is 5.28 Å². The van der Waals surface area contributed by atoms with Crippen molar-refractivity contribution in [3.63, 3.8) is 0 Å². The molecule has 0 fully saturated rings. The van der Waals surface area contributed by atoms with Crippen LogP contribution in [0.3, 0.4) is 0 Å². The van der Waals surface area contributed by atoms with E-state index in [9.17, 15) is 4.79 Å². The van der Waals surface area contributed by atoms with E-state index in [4.69, 9.17) is 31.5 Å². The molecule has 10 nitrogen and oxygen atoms in total. The Bertz CT molecular complexity index is 1060. The minimum atomic E-state index is -0.467. The second-order valence-corrected chi connectivity index (χ2v) is 7.00. The number of benzene rings is 1. The molecule has 2 aromatic heterocycles. The van der Waals surface area contributed by atoms with Gasteiger partial charge in [0.25, 0.3) is 0 Å². The lowest BCUT2D eigenvalue weighted by molar-refractivity contribution is 0.143. The van der Waals surface area contributed by atoms with E-state index in [1.807, 2.05) is 22.8 Å². The second kappa shape index (κ2) is 9.04. The molecule has 0 aliphatic carbocycles. The van der Waals surface area contributed by atoms with Gasteiger partial charge >= 0.3 is 6.09 Å². The highest BCUT2D eigenvalue weighted by Gasteiger charge is 2.13. The second-order valence-electron chi connectivity index (χ2n) is 6.66. The molecule has 0 saturated carbocycles. The zero-order valence-electron chi connectivity index (χ0n) is 16.1. The smallest absolute Gasteiger partial charge is 0.407 e. The molecule has 0 bridgehead atoms. The van der Waals surface area contributed by atoms with Crippen LogP contribution in [0.4, 0.5) is 10.6 Å². The van der Waals surface area contributed by atoms with E-state index < -0.39 is 6.09 Å². The predicted octanol–water partition coefficient (Wildman–Crippen LogP) is 2.54. The molecule has 0 atom stereocenters. The molecule has 158 valence electrons. The van der Waals surface area contributed by atoms with E-state index in [0.717, 1.165) is 17.7 Å². The normalized spacial score (nSPS) is 12.7. The fourth-order valence-electron chi connectivity index (χ4n) is 3.07. The monoisotopic (exact) mass is 432 g/mol. The molecule has 0 spiro atoms. The van der Waals surface area contributed by atoms with Crippen LogP contribution in [-0.4, -0.2) is 45.4 Å². The lowest BCUT2D eigenvalue weighted by Gasteiger charge is -2.18. The summed E-state index contributed by atoms with van der Waals surface area (Å²) in [7, 11) is 0. The van der Waals surface area contributed by atoms with E-state index in [1.54, 1.807) is 6.33 Å². The highest BCUT2D eigenvalue weighted by Crippen LogP contribution is 2.30. The standard InChI is InChI=1S/C19H21ClN6O4/c20-18-24-16(21)15-17(25-18)26(11-23-15)5-1-2-6-30-19(27)22-10-12-3-4-13-14(9-12)29-8-7-28-13/h3-4,9,11H,1-2,5-8,10H2,(H,22,27)(H2,21,24,25). The summed E-state index contributed by atoms with van der Waals surface area (Å²) in [6, 6.07) is 5.57. The van der Waals surface area contributed by atoms with Crippen LogP contribution in [0.1, 0.15) is 18.4 Å². The van der Waals surface area contributed by atoms with Gasteiger partial charge in [-0.25, -0.2) is 9.78 Å². The summed E-state index contributed by atoms with van der Waals surface area (Å²) in [5.74, 6) is 1.66. The van der Waals surface area contributed by atoms with Crippen LogP contribution in [0.15, 0.2) is 24.5 Å². The fourth-order valence-corrected chi connectivity index (χ4v) is 3.25. The maximum Gasteiger partial charge on any atom is 0.407 e. The van der Waals surface area contributed by atoms with Crippen molar-refractivity contribution in [3.05, 3.63) is 35.4 Å². The summed E-state index contributed by atoms with van der Waals surface area (Å²) in [6.45, 7) is 2.36. The number of imidazole rings is 1. The highest BCUT2D eigenvalue weighted by molar-refractivity contribution is 6.28. The summed E-state index contributed by atoms with van der Waals surface area (Å²) in [5, 5.41) is 2.81. The van der Waals surface area contributed by atoms with E-state index in [-0.39, 0.29) is 11.1 Å². The predicted molar refractivity (Wildman–Crippen MR) is 110 cm³/mol. The SMILES string of the molecule is Nc1nc(Cl)nc2c1ncn2CCCCOC(=O)NCc1ccc2c(c1)OCCO2. The van der Waals surface area contributed by atoms with Crippen molar-refractivity contribution in [2.75, 3.05) is 25.6 Å². The number of hydrogen-bond donors (Lipinski definition) is 2. The number of amides is 1. The zero-order valence-corrected chi connectivity index (χ0v) is 16.9. The van der Waals surface area contributed by atoms with E-state index in [1.165, 1.54) is 0 Å². The molecular formula is C19H21ClN6O4. The molecule has 4 rings (SSSR count). The maximum atomic E-state index is 11.9. The van der Waals surface area contributed by atoms with Crippen LogP contribution in [0, 0.1) is 0 Å². The first-order chi connectivity index (χ1) is 14.6. The van der Waals surface area contributed by atoms with E-state index >= 15 is 0 Å². The first kappa shape index (κ1) is 20.0. The first-order valence-corrected chi connectivity index (χ1v) is 9.91. The number of aromatic nitrogens is 4. The largest absolute Gasteiger partial charge is 0.486 e. The van der Waals surface area contributed by atoms with Crippen molar-refractivity contribution >= 4 is 34.7 Å². The van der Waals surface area contributed by atoms with Crippen LogP contribution in [0.5, 0.6) is 11.5 Å². The van der Waals surface area contributed by atoms with Crippen LogP contribution < -0.4 is 20.5 Å². The van der Waals surface area contributed by atoms with Gasteiger partial charge in [0.05, 0.1) is 12.9 Å². The molecule has 1 amide bonds. The topological polar surface area (TPSA) is 126 Å². The van der Waals surface area contributed by atoms with Gasteiger partial charge < -0.3 is 29.8 Å². The van der Waals surface area contributed by atoms with Crippen molar-refractivity contribution < 1.29 is 19.0 Å².